The molecular formula is C19H18ClF3N4O3. The van der Waals surface area contributed by atoms with Gasteiger partial charge in [0.1, 0.15) is 16.9 Å². The van der Waals surface area contributed by atoms with Crippen molar-refractivity contribution in [2.24, 2.45) is 5.92 Å². The molecule has 2 N–H and O–H groups in total. The maximum Gasteiger partial charge on any atom is 0.417 e. The minimum Gasteiger partial charge on any atom is -0.472 e. The highest BCUT2D eigenvalue weighted by Gasteiger charge is 2.32. The second kappa shape index (κ2) is 8.86. The molecule has 0 saturated heterocycles. The largest absolute Gasteiger partial charge is 0.472 e. The van der Waals surface area contributed by atoms with Gasteiger partial charge in [-0.15, -0.1) is 0 Å². The standard InChI is InChI=1S/C19H18ClF3N4O3/c1-10(30-18-14(20)7-13(9-26-18)19(21,22)23)8-25-16(28)12-4-5-24-15(6-12)27-17(29)11-2-3-11/h4-7,9-11H,2-3,8H2,1H3,(H,25,28)(H,24,27,29). The summed E-state index contributed by atoms with van der Waals surface area (Å²) < 4.78 is 43.4. The molecule has 1 aliphatic rings. The Bertz CT molecular complexity index is 951. The Morgan fingerprint density at radius 2 is 2.03 bits per heavy atom. The van der Waals surface area contributed by atoms with Crippen LogP contribution in [0.1, 0.15) is 35.7 Å². The van der Waals surface area contributed by atoms with Crippen LogP contribution >= 0.6 is 11.6 Å². The van der Waals surface area contributed by atoms with Gasteiger partial charge in [0.15, 0.2) is 0 Å². The quantitative estimate of drug-likeness (QED) is 0.682. The zero-order valence-corrected chi connectivity index (χ0v) is 16.5. The second-order valence-corrected chi connectivity index (χ2v) is 7.25. The number of nitrogens with zero attached hydrogens (tertiary/aromatic N) is 2. The zero-order chi connectivity index (χ0) is 21.9. The van der Waals surface area contributed by atoms with Crippen LogP contribution in [0.15, 0.2) is 30.6 Å². The van der Waals surface area contributed by atoms with Gasteiger partial charge in [0.2, 0.25) is 11.8 Å². The van der Waals surface area contributed by atoms with E-state index in [1.807, 2.05) is 0 Å². The van der Waals surface area contributed by atoms with Crippen molar-refractivity contribution in [3.63, 3.8) is 0 Å². The number of rotatable bonds is 7. The van der Waals surface area contributed by atoms with E-state index < -0.39 is 23.8 Å². The number of halogens is 4. The molecule has 30 heavy (non-hydrogen) atoms. The van der Waals surface area contributed by atoms with Crippen molar-refractivity contribution in [3.05, 3.63) is 46.7 Å². The Morgan fingerprint density at radius 1 is 1.30 bits per heavy atom. The molecule has 1 atom stereocenters. The van der Waals surface area contributed by atoms with Crippen LogP contribution in [-0.4, -0.2) is 34.4 Å². The van der Waals surface area contributed by atoms with E-state index in [-0.39, 0.29) is 40.7 Å². The van der Waals surface area contributed by atoms with Crippen molar-refractivity contribution in [2.75, 3.05) is 11.9 Å². The summed E-state index contributed by atoms with van der Waals surface area (Å²) in [6, 6.07) is 3.67. The van der Waals surface area contributed by atoms with E-state index in [0.29, 0.717) is 6.20 Å². The maximum atomic E-state index is 12.7. The third kappa shape index (κ3) is 5.82. The van der Waals surface area contributed by atoms with Gasteiger partial charge in [-0.25, -0.2) is 9.97 Å². The molecule has 3 rings (SSSR count). The minimum absolute atomic E-state index is 0.00733. The van der Waals surface area contributed by atoms with Gasteiger partial charge in [0.25, 0.3) is 5.91 Å². The van der Waals surface area contributed by atoms with Crippen LogP contribution in [0.5, 0.6) is 5.88 Å². The molecule has 2 aromatic heterocycles. The first-order chi connectivity index (χ1) is 14.1. The van der Waals surface area contributed by atoms with Crippen LogP contribution in [-0.2, 0) is 11.0 Å². The van der Waals surface area contributed by atoms with Gasteiger partial charge in [0.05, 0.1) is 12.1 Å². The Hall–Kier alpha value is -2.88. The number of aromatic nitrogens is 2. The molecule has 1 aliphatic carbocycles. The lowest BCUT2D eigenvalue weighted by Gasteiger charge is -2.16. The topological polar surface area (TPSA) is 93.2 Å². The summed E-state index contributed by atoms with van der Waals surface area (Å²) in [5.74, 6) is -0.429. The normalized spacial score (nSPS) is 14.7. The van der Waals surface area contributed by atoms with Crippen molar-refractivity contribution >= 4 is 29.2 Å². The number of anilines is 1. The highest BCUT2D eigenvalue weighted by atomic mass is 35.5. The Labute approximate surface area is 175 Å². The summed E-state index contributed by atoms with van der Waals surface area (Å²) in [4.78, 5) is 31.7. The molecule has 0 spiro atoms. The predicted molar refractivity (Wildman–Crippen MR) is 102 cm³/mol. The van der Waals surface area contributed by atoms with E-state index in [2.05, 4.69) is 20.6 Å². The molecule has 0 radical (unpaired) electrons. The molecular weight excluding hydrogens is 425 g/mol. The van der Waals surface area contributed by atoms with E-state index in [0.717, 1.165) is 18.9 Å². The Balaban J connectivity index is 1.54. The number of alkyl halides is 3. The molecule has 2 heterocycles. The number of carbonyl (C=O) groups is 2. The number of carbonyl (C=O) groups excluding carboxylic acids is 2. The molecule has 1 fully saturated rings. The molecule has 0 aliphatic heterocycles. The average Bonchev–Trinajstić information content (AvgIpc) is 3.52. The Kier molecular flexibility index (Phi) is 6.45. The molecule has 1 saturated carbocycles. The van der Waals surface area contributed by atoms with Gasteiger partial charge in [0, 0.05) is 23.9 Å². The van der Waals surface area contributed by atoms with Crippen LogP contribution in [0.4, 0.5) is 19.0 Å². The lowest BCUT2D eigenvalue weighted by Crippen LogP contribution is -2.33. The predicted octanol–water partition coefficient (Wildman–Crippen LogP) is 3.69. The first kappa shape index (κ1) is 21.8. The van der Waals surface area contributed by atoms with Crippen molar-refractivity contribution in [3.8, 4) is 5.88 Å². The van der Waals surface area contributed by atoms with Crippen molar-refractivity contribution in [1.29, 1.82) is 0 Å². The summed E-state index contributed by atoms with van der Waals surface area (Å²) in [5.41, 5.74) is -0.697. The fourth-order valence-electron chi connectivity index (χ4n) is 2.45. The van der Waals surface area contributed by atoms with E-state index in [1.165, 1.54) is 18.3 Å². The van der Waals surface area contributed by atoms with Crippen molar-refractivity contribution < 1.29 is 27.5 Å². The zero-order valence-electron chi connectivity index (χ0n) is 15.8. The van der Waals surface area contributed by atoms with Crippen LogP contribution in [0.2, 0.25) is 5.02 Å². The molecule has 11 heteroatoms. The number of ether oxygens (including phenoxy) is 1. The summed E-state index contributed by atoms with van der Waals surface area (Å²) >= 11 is 5.81. The summed E-state index contributed by atoms with van der Waals surface area (Å²) in [6.07, 6.45) is -1.45. The van der Waals surface area contributed by atoms with Crippen LogP contribution < -0.4 is 15.4 Å². The third-order valence-electron chi connectivity index (χ3n) is 4.22. The van der Waals surface area contributed by atoms with E-state index in [9.17, 15) is 22.8 Å². The lowest BCUT2D eigenvalue weighted by atomic mass is 10.2. The third-order valence-corrected chi connectivity index (χ3v) is 4.49. The van der Waals surface area contributed by atoms with Crippen LogP contribution in [0.3, 0.4) is 0 Å². The molecule has 7 nitrogen and oxygen atoms in total. The van der Waals surface area contributed by atoms with Crippen molar-refractivity contribution in [1.82, 2.24) is 15.3 Å². The molecule has 2 aromatic rings. The minimum atomic E-state index is -4.56. The highest BCUT2D eigenvalue weighted by molar-refractivity contribution is 6.31. The SMILES string of the molecule is CC(CNC(=O)c1ccnc(NC(=O)C2CC2)c1)Oc1ncc(C(F)(F)F)cc1Cl. The van der Waals surface area contributed by atoms with Gasteiger partial charge in [-0.05, 0) is 38.0 Å². The van der Waals surface area contributed by atoms with Gasteiger partial charge < -0.3 is 15.4 Å². The van der Waals surface area contributed by atoms with Gasteiger partial charge in [-0.1, -0.05) is 11.6 Å². The maximum absolute atomic E-state index is 12.7. The number of amides is 2. The van der Waals surface area contributed by atoms with Gasteiger partial charge in [-0.2, -0.15) is 13.2 Å². The van der Waals surface area contributed by atoms with Crippen LogP contribution in [0, 0.1) is 5.92 Å². The molecule has 2 amide bonds. The molecule has 1 unspecified atom stereocenters. The second-order valence-electron chi connectivity index (χ2n) is 6.84. The van der Waals surface area contributed by atoms with E-state index in [4.69, 9.17) is 16.3 Å². The first-order valence-electron chi connectivity index (χ1n) is 9.08. The number of hydrogen-bond acceptors (Lipinski definition) is 5. The Morgan fingerprint density at radius 3 is 2.67 bits per heavy atom. The molecule has 160 valence electrons. The average molecular weight is 443 g/mol. The molecule has 0 aromatic carbocycles. The fraction of sp³-hybridized carbons (Fsp3) is 0.368. The van der Waals surface area contributed by atoms with E-state index in [1.54, 1.807) is 6.92 Å². The van der Waals surface area contributed by atoms with Crippen molar-refractivity contribution in [2.45, 2.75) is 32.0 Å². The first-order valence-corrected chi connectivity index (χ1v) is 9.46. The van der Waals surface area contributed by atoms with Gasteiger partial charge >= 0.3 is 6.18 Å². The lowest BCUT2D eigenvalue weighted by molar-refractivity contribution is -0.137. The number of pyridine rings is 2. The monoisotopic (exact) mass is 442 g/mol. The number of hydrogen-bond donors (Lipinski definition) is 2. The summed E-state index contributed by atoms with van der Waals surface area (Å²) in [7, 11) is 0. The fourth-order valence-corrected chi connectivity index (χ4v) is 2.66. The highest BCUT2D eigenvalue weighted by Crippen LogP contribution is 2.33. The van der Waals surface area contributed by atoms with Crippen LogP contribution in [0.25, 0.3) is 0 Å². The number of nitrogens with one attached hydrogen (secondary N) is 2. The smallest absolute Gasteiger partial charge is 0.417 e. The summed E-state index contributed by atoms with van der Waals surface area (Å²) in [6.45, 7) is 1.65. The summed E-state index contributed by atoms with van der Waals surface area (Å²) in [5, 5.41) is 5.01. The van der Waals surface area contributed by atoms with E-state index >= 15 is 0 Å². The molecule has 0 bridgehead atoms. The van der Waals surface area contributed by atoms with Gasteiger partial charge in [-0.3, -0.25) is 9.59 Å².